The van der Waals surface area contributed by atoms with Gasteiger partial charge < -0.3 is 19.4 Å². The SMILES string of the molecule is CC(=O)Nc1cc2c(-c3nc(S(=O)(=O)N(C)C)cc4c3OCC(C)O4)cn(C)c2cn1. The van der Waals surface area contributed by atoms with Crippen molar-refractivity contribution >= 4 is 32.7 Å². The predicted molar refractivity (Wildman–Crippen MR) is 115 cm³/mol. The molecule has 0 aromatic carbocycles. The van der Waals surface area contributed by atoms with E-state index in [1.807, 2.05) is 24.7 Å². The number of amides is 1. The van der Waals surface area contributed by atoms with Crippen LogP contribution in [0.3, 0.4) is 0 Å². The van der Waals surface area contributed by atoms with E-state index in [0.717, 1.165) is 15.2 Å². The fraction of sp³-hybridized carbons (Fsp3) is 0.350. The molecule has 3 aromatic rings. The van der Waals surface area contributed by atoms with Crippen molar-refractivity contribution in [2.24, 2.45) is 7.05 Å². The third kappa shape index (κ3) is 3.70. The Balaban J connectivity index is 2.00. The van der Waals surface area contributed by atoms with Gasteiger partial charge in [0.15, 0.2) is 16.5 Å². The number of sulfonamides is 1. The van der Waals surface area contributed by atoms with Crippen LogP contribution in [0.4, 0.5) is 5.82 Å². The summed E-state index contributed by atoms with van der Waals surface area (Å²) in [5, 5.41) is 3.26. The molecule has 1 N–H and O–H groups in total. The van der Waals surface area contributed by atoms with Crippen LogP contribution in [0.2, 0.25) is 0 Å². The van der Waals surface area contributed by atoms with Gasteiger partial charge in [0, 0.05) is 51.3 Å². The lowest BCUT2D eigenvalue weighted by Crippen LogP contribution is -2.28. The second kappa shape index (κ2) is 7.50. The first-order chi connectivity index (χ1) is 14.6. The van der Waals surface area contributed by atoms with E-state index in [1.54, 1.807) is 12.3 Å². The molecule has 0 aliphatic carbocycles. The minimum Gasteiger partial charge on any atom is -0.484 e. The fourth-order valence-corrected chi connectivity index (χ4v) is 4.22. The van der Waals surface area contributed by atoms with Crippen molar-refractivity contribution in [2.75, 3.05) is 26.0 Å². The maximum absolute atomic E-state index is 12.8. The molecule has 0 bridgehead atoms. The zero-order valence-electron chi connectivity index (χ0n) is 17.8. The Hall–Kier alpha value is -3.18. The van der Waals surface area contributed by atoms with E-state index in [0.29, 0.717) is 35.2 Å². The van der Waals surface area contributed by atoms with Crippen LogP contribution in [-0.2, 0) is 21.9 Å². The van der Waals surface area contributed by atoms with Gasteiger partial charge in [0.05, 0.1) is 11.7 Å². The molecular formula is C20H23N5O5S. The number of nitrogens with one attached hydrogen (secondary N) is 1. The molecule has 0 fully saturated rings. The number of aryl methyl sites for hydroxylation is 1. The highest BCUT2D eigenvalue weighted by Gasteiger charge is 2.30. The first-order valence-electron chi connectivity index (χ1n) is 9.58. The Bertz CT molecular complexity index is 1300. The number of rotatable bonds is 4. The van der Waals surface area contributed by atoms with Gasteiger partial charge in [-0.25, -0.2) is 22.7 Å². The van der Waals surface area contributed by atoms with Crippen molar-refractivity contribution in [3.63, 3.8) is 0 Å². The molecule has 164 valence electrons. The van der Waals surface area contributed by atoms with E-state index in [2.05, 4.69) is 15.3 Å². The fourth-order valence-electron chi connectivity index (χ4n) is 3.38. The molecule has 3 aromatic heterocycles. The molecular weight excluding hydrogens is 422 g/mol. The molecule has 4 heterocycles. The van der Waals surface area contributed by atoms with Gasteiger partial charge in [0.2, 0.25) is 5.91 Å². The maximum Gasteiger partial charge on any atom is 0.260 e. The van der Waals surface area contributed by atoms with Crippen LogP contribution >= 0.6 is 0 Å². The largest absolute Gasteiger partial charge is 0.484 e. The number of hydrogen-bond donors (Lipinski definition) is 1. The third-order valence-corrected chi connectivity index (χ3v) is 6.59. The monoisotopic (exact) mass is 445 g/mol. The number of fused-ring (bicyclic) bond motifs is 2. The summed E-state index contributed by atoms with van der Waals surface area (Å²) < 4.78 is 40.4. The number of hydrogen-bond acceptors (Lipinski definition) is 7. The molecule has 0 saturated carbocycles. The van der Waals surface area contributed by atoms with Gasteiger partial charge in [-0.05, 0) is 13.0 Å². The van der Waals surface area contributed by atoms with Crippen molar-refractivity contribution in [1.82, 2.24) is 18.8 Å². The molecule has 10 nitrogen and oxygen atoms in total. The maximum atomic E-state index is 12.8. The van der Waals surface area contributed by atoms with Gasteiger partial charge in [-0.3, -0.25) is 4.79 Å². The highest BCUT2D eigenvalue weighted by atomic mass is 32.2. The van der Waals surface area contributed by atoms with Crippen molar-refractivity contribution < 1.29 is 22.7 Å². The van der Waals surface area contributed by atoms with Gasteiger partial charge in [0.25, 0.3) is 10.0 Å². The van der Waals surface area contributed by atoms with E-state index in [4.69, 9.17) is 9.47 Å². The molecule has 4 rings (SSSR count). The second-order valence-electron chi connectivity index (χ2n) is 7.58. The summed E-state index contributed by atoms with van der Waals surface area (Å²) in [5.41, 5.74) is 1.76. The Labute approximate surface area is 179 Å². The Morgan fingerprint density at radius 3 is 2.74 bits per heavy atom. The summed E-state index contributed by atoms with van der Waals surface area (Å²) in [6.45, 7) is 3.55. The third-order valence-electron chi connectivity index (χ3n) is 4.89. The molecule has 1 aliphatic heterocycles. The van der Waals surface area contributed by atoms with Crippen molar-refractivity contribution in [3.8, 4) is 22.8 Å². The smallest absolute Gasteiger partial charge is 0.260 e. The molecule has 1 aliphatic rings. The zero-order chi connectivity index (χ0) is 22.5. The van der Waals surface area contributed by atoms with E-state index < -0.39 is 10.0 Å². The van der Waals surface area contributed by atoms with Crippen LogP contribution in [0.15, 0.2) is 29.6 Å². The minimum absolute atomic E-state index is 0.142. The van der Waals surface area contributed by atoms with Crippen molar-refractivity contribution in [1.29, 1.82) is 0 Å². The normalized spacial score (nSPS) is 16.0. The van der Waals surface area contributed by atoms with Gasteiger partial charge in [0.1, 0.15) is 24.2 Å². The Morgan fingerprint density at radius 1 is 1.32 bits per heavy atom. The number of nitrogens with zero attached hydrogens (tertiary/aromatic N) is 4. The van der Waals surface area contributed by atoms with Gasteiger partial charge >= 0.3 is 0 Å². The molecule has 1 amide bonds. The van der Waals surface area contributed by atoms with E-state index >= 15 is 0 Å². The summed E-state index contributed by atoms with van der Waals surface area (Å²) in [7, 11) is 0.914. The quantitative estimate of drug-likeness (QED) is 0.653. The molecule has 31 heavy (non-hydrogen) atoms. The lowest BCUT2D eigenvalue weighted by Gasteiger charge is -2.26. The summed E-state index contributed by atoms with van der Waals surface area (Å²) >= 11 is 0. The van der Waals surface area contributed by atoms with Gasteiger partial charge in [-0.1, -0.05) is 0 Å². The van der Waals surface area contributed by atoms with Crippen molar-refractivity contribution in [2.45, 2.75) is 25.0 Å². The number of ether oxygens (including phenoxy) is 2. The Morgan fingerprint density at radius 2 is 2.06 bits per heavy atom. The lowest BCUT2D eigenvalue weighted by atomic mass is 10.1. The predicted octanol–water partition coefficient (Wildman–Crippen LogP) is 2.00. The van der Waals surface area contributed by atoms with E-state index in [-0.39, 0.29) is 17.0 Å². The van der Waals surface area contributed by atoms with E-state index in [1.165, 1.54) is 27.1 Å². The van der Waals surface area contributed by atoms with Crippen LogP contribution in [-0.4, -0.2) is 60.0 Å². The first kappa shape index (κ1) is 21.1. The average Bonchev–Trinajstić information content (AvgIpc) is 3.02. The second-order valence-corrected chi connectivity index (χ2v) is 9.68. The van der Waals surface area contributed by atoms with Crippen LogP contribution in [0.25, 0.3) is 22.2 Å². The summed E-state index contributed by atoms with van der Waals surface area (Å²) in [6, 6.07) is 3.11. The summed E-state index contributed by atoms with van der Waals surface area (Å²) in [5.74, 6) is 0.826. The van der Waals surface area contributed by atoms with Crippen molar-refractivity contribution in [3.05, 3.63) is 24.5 Å². The van der Waals surface area contributed by atoms with Crippen LogP contribution in [0.1, 0.15) is 13.8 Å². The molecule has 1 atom stereocenters. The molecule has 0 radical (unpaired) electrons. The van der Waals surface area contributed by atoms with Crippen LogP contribution < -0.4 is 14.8 Å². The minimum atomic E-state index is -3.82. The summed E-state index contributed by atoms with van der Waals surface area (Å²) in [6.07, 6.45) is 3.22. The molecule has 1 unspecified atom stereocenters. The van der Waals surface area contributed by atoms with Crippen LogP contribution in [0.5, 0.6) is 11.5 Å². The number of carbonyl (C=O) groups is 1. The number of aromatic nitrogens is 3. The molecule has 0 spiro atoms. The molecule has 0 saturated heterocycles. The summed E-state index contributed by atoms with van der Waals surface area (Å²) in [4.78, 5) is 20.2. The number of carbonyl (C=O) groups excluding carboxylic acids is 1. The lowest BCUT2D eigenvalue weighted by molar-refractivity contribution is -0.114. The highest BCUT2D eigenvalue weighted by molar-refractivity contribution is 7.89. The standard InChI is InChI=1S/C20H23N5O5S/c1-11-10-29-20-16(30-11)7-18(31(27,28)24(3)4)23-19(20)14-9-25(5)15-8-21-17(6-13(14)15)22-12(2)26/h6-9,11H,10H2,1-5H3,(H,21,22,26). The van der Waals surface area contributed by atoms with E-state index in [9.17, 15) is 13.2 Å². The average molecular weight is 446 g/mol. The molecule has 11 heteroatoms. The highest BCUT2D eigenvalue weighted by Crippen LogP contribution is 2.44. The number of pyridine rings is 2. The zero-order valence-corrected chi connectivity index (χ0v) is 18.6. The topological polar surface area (TPSA) is 116 Å². The van der Waals surface area contributed by atoms with Gasteiger partial charge in [-0.2, -0.15) is 0 Å². The van der Waals surface area contributed by atoms with Gasteiger partial charge in [-0.15, -0.1) is 0 Å². The Kier molecular flexibility index (Phi) is 5.10. The number of anilines is 1. The van der Waals surface area contributed by atoms with Crippen LogP contribution in [0, 0.1) is 0 Å². The first-order valence-corrected chi connectivity index (χ1v) is 11.0.